The molecule has 0 amide bonds. The van der Waals surface area contributed by atoms with E-state index >= 15 is 0 Å². The van der Waals surface area contributed by atoms with E-state index in [0.717, 1.165) is 16.2 Å². The summed E-state index contributed by atoms with van der Waals surface area (Å²) in [6, 6.07) is 6.33. The van der Waals surface area contributed by atoms with Gasteiger partial charge in [-0.15, -0.1) is 0 Å². The molecule has 2 rings (SSSR count). The van der Waals surface area contributed by atoms with Gasteiger partial charge in [-0.1, -0.05) is 11.8 Å². The number of hydrogen-bond donors (Lipinski definition) is 1. The summed E-state index contributed by atoms with van der Waals surface area (Å²) in [5, 5.41) is 9.50. The first kappa shape index (κ1) is 14.5. The third kappa shape index (κ3) is 3.34. The van der Waals surface area contributed by atoms with E-state index in [2.05, 4.69) is 36.8 Å². The van der Waals surface area contributed by atoms with E-state index in [1.165, 1.54) is 12.1 Å². The maximum atomic E-state index is 14.0. The maximum absolute atomic E-state index is 14.0. The lowest BCUT2D eigenvalue weighted by Crippen LogP contribution is -2.00. The summed E-state index contributed by atoms with van der Waals surface area (Å²) in [6.45, 7) is 0. The van der Waals surface area contributed by atoms with Crippen LogP contribution < -0.4 is 0 Å². The van der Waals surface area contributed by atoms with E-state index in [-0.39, 0.29) is 10.0 Å². The number of carboxylic acids is 1. The Hall–Kier alpha value is -0.920. The van der Waals surface area contributed by atoms with Crippen LogP contribution in [0.2, 0.25) is 0 Å². The molecule has 0 atom stereocenters. The van der Waals surface area contributed by atoms with Crippen molar-refractivity contribution >= 4 is 49.6 Å². The fourth-order valence-corrected chi connectivity index (χ4v) is 2.99. The van der Waals surface area contributed by atoms with Gasteiger partial charge in [0.05, 0.1) is 14.9 Å². The Bertz CT molecular complexity index is 634. The molecule has 3 nitrogen and oxygen atoms in total. The minimum atomic E-state index is -1.18. The highest BCUT2D eigenvalue weighted by molar-refractivity contribution is 9.10. The number of carbonyl (C=O) groups is 1. The lowest BCUT2D eigenvalue weighted by Gasteiger charge is -2.06. The van der Waals surface area contributed by atoms with Gasteiger partial charge in [-0.3, -0.25) is 0 Å². The van der Waals surface area contributed by atoms with Crippen LogP contribution in [0.15, 0.2) is 49.3 Å². The fourth-order valence-electron chi connectivity index (χ4n) is 1.31. The molecule has 98 valence electrons. The molecule has 0 fully saturated rings. The van der Waals surface area contributed by atoms with Gasteiger partial charge in [0.1, 0.15) is 5.03 Å². The molecular formula is C12H6Br2FNO2S. The molecule has 7 heteroatoms. The molecule has 0 saturated carbocycles. The van der Waals surface area contributed by atoms with Gasteiger partial charge < -0.3 is 5.11 Å². The number of halogens is 3. The number of aromatic carboxylic acids is 1. The zero-order valence-electron chi connectivity index (χ0n) is 9.23. The molecular weight excluding hydrogens is 401 g/mol. The van der Waals surface area contributed by atoms with Crippen LogP contribution in [0.25, 0.3) is 0 Å². The molecule has 0 bridgehead atoms. The lowest BCUT2D eigenvalue weighted by atomic mass is 10.2. The highest BCUT2D eigenvalue weighted by Crippen LogP contribution is 2.33. The summed E-state index contributed by atoms with van der Waals surface area (Å²) < 4.78 is 14.8. The Kier molecular flexibility index (Phi) is 4.59. The number of benzene rings is 1. The van der Waals surface area contributed by atoms with Gasteiger partial charge in [-0.2, -0.15) is 0 Å². The van der Waals surface area contributed by atoms with Crippen molar-refractivity contribution < 1.29 is 14.3 Å². The minimum Gasteiger partial charge on any atom is -0.478 e. The van der Waals surface area contributed by atoms with Crippen molar-refractivity contribution in [2.45, 2.75) is 9.92 Å². The highest BCUT2D eigenvalue weighted by Gasteiger charge is 2.16. The van der Waals surface area contributed by atoms with Crippen molar-refractivity contribution in [2.24, 2.45) is 0 Å². The minimum absolute atomic E-state index is 0.0536. The smallest absolute Gasteiger partial charge is 0.336 e. The number of carboxylic acid groups (broad SMARTS) is 1. The molecule has 0 aliphatic carbocycles. The van der Waals surface area contributed by atoms with Crippen LogP contribution in [-0.4, -0.2) is 16.1 Å². The van der Waals surface area contributed by atoms with Crippen LogP contribution in [0, 0.1) is 5.82 Å². The molecule has 1 heterocycles. The van der Waals surface area contributed by atoms with Crippen LogP contribution in [0.5, 0.6) is 0 Å². The lowest BCUT2D eigenvalue weighted by molar-refractivity contribution is 0.0695. The van der Waals surface area contributed by atoms with Gasteiger partial charge in [-0.05, 0) is 56.1 Å². The summed E-state index contributed by atoms with van der Waals surface area (Å²) >= 11 is 7.35. The van der Waals surface area contributed by atoms with Crippen molar-refractivity contribution in [1.82, 2.24) is 4.98 Å². The molecule has 19 heavy (non-hydrogen) atoms. The van der Waals surface area contributed by atoms with Gasteiger partial charge >= 0.3 is 5.97 Å². The van der Waals surface area contributed by atoms with Crippen molar-refractivity contribution in [3.63, 3.8) is 0 Å². The van der Waals surface area contributed by atoms with Crippen LogP contribution in [0.3, 0.4) is 0 Å². The molecule has 0 saturated heterocycles. The number of nitrogens with zero attached hydrogens (tertiary/aromatic N) is 1. The molecule has 1 aromatic carbocycles. The summed E-state index contributed by atoms with van der Waals surface area (Å²) in [5.41, 5.74) is -0.106. The van der Waals surface area contributed by atoms with Crippen molar-refractivity contribution in [1.29, 1.82) is 0 Å². The fraction of sp³-hybridized carbons (Fsp3) is 0. The van der Waals surface area contributed by atoms with Crippen molar-refractivity contribution in [3.8, 4) is 0 Å². The zero-order valence-corrected chi connectivity index (χ0v) is 13.2. The Labute approximate surface area is 129 Å². The molecule has 0 aliphatic heterocycles. The topological polar surface area (TPSA) is 50.2 Å². The Morgan fingerprint density at radius 1 is 1.26 bits per heavy atom. The molecule has 0 aliphatic rings. The number of pyridine rings is 1. The first-order chi connectivity index (χ1) is 8.99. The average molecular weight is 407 g/mol. The van der Waals surface area contributed by atoms with Crippen LogP contribution in [-0.2, 0) is 0 Å². The molecule has 1 N–H and O–H groups in total. The number of rotatable bonds is 3. The van der Waals surface area contributed by atoms with Gasteiger partial charge in [0.15, 0.2) is 5.82 Å². The molecule has 0 radical (unpaired) electrons. The summed E-state index contributed by atoms with van der Waals surface area (Å²) in [4.78, 5) is 15.3. The van der Waals surface area contributed by atoms with Crippen LogP contribution in [0.4, 0.5) is 4.39 Å². The summed E-state index contributed by atoms with van der Waals surface area (Å²) in [5.74, 6) is -1.78. The van der Waals surface area contributed by atoms with E-state index in [1.807, 2.05) is 0 Å². The predicted octanol–water partition coefficient (Wildman–Crippen LogP) is 4.60. The number of hydrogen-bond acceptors (Lipinski definition) is 3. The monoisotopic (exact) mass is 405 g/mol. The molecule has 1 aromatic heterocycles. The Morgan fingerprint density at radius 2 is 2.00 bits per heavy atom. The maximum Gasteiger partial charge on any atom is 0.336 e. The van der Waals surface area contributed by atoms with Crippen molar-refractivity contribution in [2.75, 3.05) is 0 Å². The first-order valence-electron chi connectivity index (χ1n) is 4.99. The average Bonchev–Trinajstić information content (AvgIpc) is 2.37. The van der Waals surface area contributed by atoms with Gasteiger partial charge in [0, 0.05) is 10.7 Å². The van der Waals surface area contributed by atoms with E-state index in [1.54, 1.807) is 18.3 Å². The van der Waals surface area contributed by atoms with Crippen molar-refractivity contribution in [3.05, 3.63) is 50.8 Å². The second kappa shape index (κ2) is 6.02. The predicted molar refractivity (Wildman–Crippen MR) is 77.1 cm³/mol. The summed E-state index contributed by atoms with van der Waals surface area (Å²) in [6.07, 6.45) is 1.61. The molecule has 2 aromatic rings. The standard InChI is InChI=1S/C12H6Br2FNO2S/c13-6-1-4-9(16-5-6)19-8-3-2-7(12(17)18)10(14)11(8)15/h1-5H,(H,17,18). The van der Waals surface area contributed by atoms with E-state index in [4.69, 9.17) is 5.11 Å². The third-order valence-corrected chi connectivity index (χ3v) is 4.42. The van der Waals surface area contributed by atoms with Crippen LogP contribution in [0.1, 0.15) is 10.4 Å². The van der Waals surface area contributed by atoms with Gasteiger partial charge in [0.25, 0.3) is 0 Å². The zero-order chi connectivity index (χ0) is 14.0. The normalized spacial score (nSPS) is 10.5. The highest BCUT2D eigenvalue weighted by atomic mass is 79.9. The SMILES string of the molecule is O=C(O)c1ccc(Sc2ccc(Br)cn2)c(F)c1Br. The molecule has 0 unspecified atom stereocenters. The largest absolute Gasteiger partial charge is 0.478 e. The summed E-state index contributed by atoms with van der Waals surface area (Å²) in [7, 11) is 0. The third-order valence-electron chi connectivity index (χ3n) is 2.19. The van der Waals surface area contributed by atoms with E-state index < -0.39 is 11.8 Å². The van der Waals surface area contributed by atoms with Gasteiger partial charge in [0.2, 0.25) is 0 Å². The quantitative estimate of drug-likeness (QED) is 0.809. The number of aromatic nitrogens is 1. The van der Waals surface area contributed by atoms with Crippen LogP contribution >= 0.6 is 43.6 Å². The Balaban J connectivity index is 2.34. The van der Waals surface area contributed by atoms with E-state index in [0.29, 0.717) is 9.92 Å². The molecule has 0 spiro atoms. The second-order valence-electron chi connectivity index (χ2n) is 3.46. The Morgan fingerprint density at radius 3 is 2.58 bits per heavy atom. The first-order valence-corrected chi connectivity index (χ1v) is 7.40. The van der Waals surface area contributed by atoms with Gasteiger partial charge in [-0.25, -0.2) is 14.2 Å². The second-order valence-corrected chi connectivity index (χ2v) is 6.23. The van der Waals surface area contributed by atoms with E-state index in [9.17, 15) is 9.18 Å².